The molecular formula is C26H38F3N7. The van der Waals surface area contributed by atoms with Crippen LogP contribution in [0.1, 0.15) is 43.9 Å². The first-order valence-electron chi connectivity index (χ1n) is 12.2. The number of nitrogen functional groups attached to an aromatic ring is 1. The van der Waals surface area contributed by atoms with Gasteiger partial charge in [-0.1, -0.05) is 19.4 Å². The number of hydrogen-bond acceptors (Lipinski definition) is 6. The lowest BCUT2D eigenvalue weighted by Gasteiger charge is -2.24. The maximum atomic E-state index is 12.4. The Balaban J connectivity index is 0.000000250. The highest BCUT2D eigenvalue weighted by Gasteiger charge is 2.14. The molecule has 0 saturated carbocycles. The molecule has 2 aromatic heterocycles. The lowest BCUT2D eigenvalue weighted by Crippen LogP contribution is -2.32. The summed E-state index contributed by atoms with van der Waals surface area (Å²) in [5.41, 5.74) is 11.6. The number of aromatic nitrogens is 3. The fraction of sp³-hybridized carbons (Fsp3) is 0.538. The second-order valence-corrected chi connectivity index (χ2v) is 8.92. The molecule has 2 N–H and O–H groups in total. The topological polar surface area (TPSA) is 84.2 Å². The Morgan fingerprint density at radius 2 is 2.00 bits per heavy atom. The van der Waals surface area contributed by atoms with E-state index in [1.54, 1.807) is 11.6 Å². The molecule has 2 atom stereocenters. The first-order valence-corrected chi connectivity index (χ1v) is 12.2. The lowest BCUT2D eigenvalue weighted by molar-refractivity contribution is 0.163. The molecule has 3 heterocycles. The molecule has 198 valence electrons. The van der Waals surface area contributed by atoms with Gasteiger partial charge in [-0.05, 0) is 76.0 Å². The van der Waals surface area contributed by atoms with E-state index < -0.39 is 19.0 Å². The molecule has 0 spiro atoms. The normalized spacial score (nSPS) is 16.8. The number of fused-ring (bicyclic) bond motifs is 1. The van der Waals surface area contributed by atoms with E-state index in [0.29, 0.717) is 13.0 Å². The molecule has 1 fully saturated rings. The van der Waals surface area contributed by atoms with E-state index in [1.807, 2.05) is 57.1 Å². The van der Waals surface area contributed by atoms with Crippen molar-refractivity contribution >= 4 is 17.2 Å². The van der Waals surface area contributed by atoms with Gasteiger partial charge in [-0.15, -0.1) is 5.10 Å². The van der Waals surface area contributed by atoms with Crippen LogP contribution in [-0.4, -0.2) is 65.7 Å². The summed E-state index contributed by atoms with van der Waals surface area (Å²) in [5, 5.41) is 12.1. The number of anilines is 1. The van der Waals surface area contributed by atoms with E-state index >= 15 is 0 Å². The molecule has 0 amide bonds. The van der Waals surface area contributed by atoms with Gasteiger partial charge in [0, 0.05) is 25.4 Å². The maximum Gasteiger partial charge on any atom is 0.238 e. The van der Waals surface area contributed by atoms with E-state index in [4.69, 9.17) is 5.73 Å². The zero-order valence-electron chi connectivity index (χ0n) is 21.9. The second-order valence-electron chi connectivity index (χ2n) is 8.92. The number of alkyl halides is 3. The molecule has 1 aromatic carbocycles. The third-order valence-electron chi connectivity index (χ3n) is 5.75. The predicted octanol–water partition coefficient (Wildman–Crippen LogP) is 6.45. The van der Waals surface area contributed by atoms with Crippen molar-refractivity contribution in [1.82, 2.24) is 19.5 Å². The molecule has 1 saturated heterocycles. The summed E-state index contributed by atoms with van der Waals surface area (Å²) < 4.78 is 37.1. The largest absolute Gasteiger partial charge is 0.367 e. The third kappa shape index (κ3) is 8.58. The minimum absolute atomic E-state index is 0.275. The van der Waals surface area contributed by atoms with Crippen LogP contribution in [0.3, 0.4) is 0 Å². The van der Waals surface area contributed by atoms with Crippen LogP contribution in [0.15, 0.2) is 40.7 Å². The van der Waals surface area contributed by atoms with Crippen LogP contribution in [0.4, 0.5) is 24.8 Å². The van der Waals surface area contributed by atoms with Crippen molar-refractivity contribution in [2.75, 3.05) is 39.6 Å². The van der Waals surface area contributed by atoms with E-state index in [9.17, 15) is 13.2 Å². The Bertz CT molecular complexity index is 1110. The van der Waals surface area contributed by atoms with Gasteiger partial charge in [0.25, 0.3) is 0 Å². The summed E-state index contributed by atoms with van der Waals surface area (Å²) in [6.45, 7) is 6.67. The van der Waals surface area contributed by atoms with Crippen LogP contribution < -0.4 is 5.73 Å². The number of nitrogens with zero attached hydrogens (tertiary/aromatic N) is 6. The van der Waals surface area contributed by atoms with Gasteiger partial charge < -0.3 is 10.6 Å². The average Bonchev–Trinajstić information content (AvgIpc) is 3.25. The number of rotatable bonds is 5. The summed E-state index contributed by atoms with van der Waals surface area (Å²) in [7, 11) is 3.63. The van der Waals surface area contributed by atoms with Crippen LogP contribution in [-0.2, 0) is 0 Å². The van der Waals surface area contributed by atoms with E-state index in [0.717, 1.165) is 59.4 Å². The number of benzene rings is 1. The van der Waals surface area contributed by atoms with Crippen molar-refractivity contribution in [2.24, 2.45) is 10.2 Å². The summed E-state index contributed by atoms with van der Waals surface area (Å²) in [5.74, 6) is 0.275. The average molecular weight is 506 g/mol. The number of likely N-dealkylation sites (tertiary alicyclic amines) is 1. The van der Waals surface area contributed by atoms with Gasteiger partial charge in [-0.25, -0.2) is 22.7 Å². The van der Waals surface area contributed by atoms with Gasteiger partial charge in [0.15, 0.2) is 0 Å². The van der Waals surface area contributed by atoms with Crippen molar-refractivity contribution in [3.8, 4) is 11.1 Å². The zero-order valence-corrected chi connectivity index (χ0v) is 21.9. The number of aryl methyl sites for hydroxylation is 2. The van der Waals surface area contributed by atoms with Crippen molar-refractivity contribution in [3.05, 3.63) is 41.7 Å². The highest BCUT2D eigenvalue weighted by Crippen LogP contribution is 2.31. The Kier molecular flexibility index (Phi) is 11.8. The van der Waals surface area contributed by atoms with Gasteiger partial charge in [-0.3, -0.25) is 0 Å². The van der Waals surface area contributed by atoms with Gasteiger partial charge in [0.2, 0.25) is 5.95 Å². The molecule has 3 aromatic rings. The summed E-state index contributed by atoms with van der Waals surface area (Å²) in [4.78, 5) is 6.28. The second kappa shape index (κ2) is 14.5. The Labute approximate surface area is 211 Å². The predicted molar refractivity (Wildman–Crippen MR) is 140 cm³/mol. The van der Waals surface area contributed by atoms with E-state index in [1.165, 1.54) is 0 Å². The number of nitrogens with two attached hydrogens (primary N) is 1. The summed E-state index contributed by atoms with van der Waals surface area (Å²) in [6.07, 6.45) is 2.99. The molecule has 36 heavy (non-hydrogen) atoms. The lowest BCUT2D eigenvalue weighted by atomic mass is 10.0. The minimum Gasteiger partial charge on any atom is -0.367 e. The van der Waals surface area contributed by atoms with Crippen molar-refractivity contribution in [1.29, 1.82) is 0 Å². The Morgan fingerprint density at radius 1 is 1.25 bits per heavy atom. The van der Waals surface area contributed by atoms with Gasteiger partial charge in [0.05, 0.1) is 16.9 Å². The van der Waals surface area contributed by atoms with E-state index in [2.05, 4.69) is 26.4 Å². The van der Waals surface area contributed by atoms with Gasteiger partial charge in [0.1, 0.15) is 19.0 Å². The molecule has 0 bridgehead atoms. The molecule has 0 aliphatic carbocycles. The Morgan fingerprint density at radius 3 is 2.53 bits per heavy atom. The SMILES string of the molecule is CCCC(F)CF.CN1CCC[C@@H](F)C1.CN=Nc1ccc(-c2ccn3nc(N)nc(C)c23)cc1C. The standard InChI is InChI=1S/C15H16N6.C6H12FN.C5H10F2/c1-9-8-11(4-5-13(9)19-17-3)12-6-7-21-14(12)10(2)18-15(16)20-21;1-8-4-2-3-6(7)5-8;1-2-3-5(7)4-6/h4-8H,1-3H3,(H2,16,20);6H,2-5H2,1H3;5H,2-4H2,1H3/t;6-;/m.1./s1. The summed E-state index contributed by atoms with van der Waals surface area (Å²) >= 11 is 0. The maximum absolute atomic E-state index is 12.4. The number of halogens is 3. The molecule has 4 rings (SSSR count). The Hall–Kier alpha value is -3.01. The third-order valence-corrected chi connectivity index (χ3v) is 5.75. The fourth-order valence-electron chi connectivity index (χ4n) is 3.99. The van der Waals surface area contributed by atoms with Gasteiger partial charge in [-0.2, -0.15) is 10.2 Å². The van der Waals surface area contributed by atoms with Crippen molar-refractivity contribution in [3.63, 3.8) is 0 Å². The monoisotopic (exact) mass is 505 g/mol. The first-order chi connectivity index (χ1) is 17.2. The highest BCUT2D eigenvalue weighted by atomic mass is 19.2. The quantitative estimate of drug-likeness (QED) is 0.404. The first kappa shape index (κ1) is 29.2. The highest BCUT2D eigenvalue weighted by molar-refractivity contribution is 5.83. The zero-order chi connectivity index (χ0) is 26.7. The minimum atomic E-state index is -1.22. The summed E-state index contributed by atoms with van der Waals surface area (Å²) in [6, 6.07) is 8.11. The van der Waals surface area contributed by atoms with Crippen LogP contribution in [0.2, 0.25) is 0 Å². The molecule has 10 heteroatoms. The molecule has 0 radical (unpaired) electrons. The fourth-order valence-corrected chi connectivity index (χ4v) is 3.99. The van der Waals surface area contributed by atoms with E-state index in [-0.39, 0.29) is 5.95 Å². The molecule has 1 aliphatic rings. The van der Waals surface area contributed by atoms with Crippen LogP contribution >= 0.6 is 0 Å². The molecule has 7 nitrogen and oxygen atoms in total. The molecular weight excluding hydrogens is 467 g/mol. The molecule has 1 aliphatic heterocycles. The van der Waals surface area contributed by atoms with Crippen molar-refractivity contribution < 1.29 is 13.2 Å². The van der Waals surface area contributed by atoms with Crippen LogP contribution in [0.5, 0.6) is 0 Å². The van der Waals surface area contributed by atoms with Crippen LogP contribution in [0.25, 0.3) is 16.6 Å². The van der Waals surface area contributed by atoms with Crippen molar-refractivity contribution in [2.45, 2.75) is 58.8 Å². The van der Waals surface area contributed by atoms with Crippen LogP contribution in [0, 0.1) is 13.8 Å². The smallest absolute Gasteiger partial charge is 0.238 e. The number of hydrogen-bond donors (Lipinski definition) is 1. The number of piperidine rings is 1. The van der Waals surface area contributed by atoms with Gasteiger partial charge >= 0.3 is 0 Å². The molecule has 1 unspecified atom stereocenters. The number of azo groups is 1.